The second-order valence-corrected chi connectivity index (χ2v) is 11.9. The zero-order valence-corrected chi connectivity index (χ0v) is 23.4. The van der Waals surface area contributed by atoms with Crippen molar-refractivity contribution in [2.75, 3.05) is 40.4 Å². The first-order chi connectivity index (χ1) is 19.9. The van der Waals surface area contributed by atoms with Crippen LogP contribution in [-0.2, 0) is 36.9 Å². The molecular formula is C30H33N3O9. The number of ketones is 4. The second-order valence-electron chi connectivity index (χ2n) is 11.9. The summed E-state index contributed by atoms with van der Waals surface area (Å²) in [5.41, 5.74) is 3.64. The molecule has 1 amide bonds. The molecule has 6 atom stereocenters. The van der Waals surface area contributed by atoms with Gasteiger partial charge < -0.3 is 25.1 Å². The van der Waals surface area contributed by atoms with E-state index in [1.165, 1.54) is 11.0 Å². The lowest BCUT2D eigenvalue weighted by Crippen LogP contribution is -2.74. The number of hydrogen-bond acceptors (Lipinski definition) is 11. The quantitative estimate of drug-likeness (QED) is 0.405. The van der Waals surface area contributed by atoms with Crippen LogP contribution < -0.4 is 5.73 Å². The Morgan fingerprint density at radius 2 is 1.81 bits per heavy atom. The number of amides is 1. The normalized spacial score (nSPS) is 31.6. The largest absolute Gasteiger partial charge is 0.507 e. The van der Waals surface area contributed by atoms with E-state index in [2.05, 4.69) is 4.90 Å². The summed E-state index contributed by atoms with van der Waals surface area (Å²) >= 11 is 0. The van der Waals surface area contributed by atoms with Crippen LogP contribution in [0.5, 0.6) is 5.75 Å². The number of likely N-dealkylation sites (N-methyl/N-ethyl adjacent to an activating group) is 1. The molecule has 2 heterocycles. The van der Waals surface area contributed by atoms with Crippen LogP contribution in [0, 0.1) is 23.7 Å². The fourth-order valence-corrected chi connectivity index (χ4v) is 7.42. The van der Waals surface area contributed by atoms with Crippen LogP contribution >= 0.6 is 0 Å². The Labute approximate surface area is 241 Å². The Kier molecular flexibility index (Phi) is 6.92. The Morgan fingerprint density at radius 1 is 1.10 bits per heavy atom. The van der Waals surface area contributed by atoms with Gasteiger partial charge in [0, 0.05) is 24.6 Å². The van der Waals surface area contributed by atoms with Crippen LogP contribution in [0.1, 0.15) is 28.1 Å². The maximum absolute atomic E-state index is 14.0. The topological polar surface area (TPSA) is 181 Å². The molecule has 0 radical (unpaired) electrons. The molecule has 1 saturated heterocycles. The molecule has 3 aliphatic carbocycles. The molecular weight excluding hydrogens is 546 g/mol. The van der Waals surface area contributed by atoms with Crippen molar-refractivity contribution >= 4 is 29.0 Å². The van der Waals surface area contributed by atoms with E-state index in [0.29, 0.717) is 36.6 Å². The molecule has 3 fully saturated rings. The van der Waals surface area contributed by atoms with E-state index >= 15 is 0 Å². The number of phenols is 1. The van der Waals surface area contributed by atoms with Gasteiger partial charge >= 0.3 is 0 Å². The zero-order valence-electron chi connectivity index (χ0n) is 23.4. The van der Waals surface area contributed by atoms with E-state index in [1.54, 1.807) is 26.2 Å². The lowest BCUT2D eigenvalue weighted by atomic mass is 9.52. The standard InChI is InChI=1S/C30H33N3O9/c1-32(2)24-18-12-14-11-17-16(20-6-3-15(42-20)13-33-7-9-41-10-8-33)4-5-19(34)22(17)25(35)21(14)27(37)30(18,40)28(38)23(26(24)36)29(31)39/h3-6,14,18,21,23-24,34,40H,7-13H2,1-2H3,(H2,31,39)/t14-,18-,21?,23?,24-,30-/m0/s1. The minimum atomic E-state index is -2.75. The summed E-state index contributed by atoms with van der Waals surface area (Å²) in [6.45, 7) is 3.44. The van der Waals surface area contributed by atoms with Gasteiger partial charge in [0.15, 0.2) is 34.7 Å². The Morgan fingerprint density at radius 3 is 2.48 bits per heavy atom. The van der Waals surface area contributed by atoms with E-state index in [9.17, 15) is 34.2 Å². The minimum Gasteiger partial charge on any atom is -0.507 e. The number of fused-ring (bicyclic) bond motifs is 3. The van der Waals surface area contributed by atoms with Crippen LogP contribution in [0.15, 0.2) is 28.7 Å². The maximum atomic E-state index is 14.0. The van der Waals surface area contributed by atoms with E-state index in [0.717, 1.165) is 18.8 Å². The van der Waals surface area contributed by atoms with Gasteiger partial charge in [0.25, 0.3) is 0 Å². The van der Waals surface area contributed by atoms with Gasteiger partial charge in [0.2, 0.25) is 5.91 Å². The summed E-state index contributed by atoms with van der Waals surface area (Å²) in [5, 5.41) is 22.5. The number of furan rings is 1. The van der Waals surface area contributed by atoms with Crippen molar-refractivity contribution in [3.63, 3.8) is 0 Å². The first kappa shape index (κ1) is 28.4. The van der Waals surface area contributed by atoms with Gasteiger partial charge in [-0.25, -0.2) is 0 Å². The van der Waals surface area contributed by atoms with E-state index in [4.69, 9.17) is 14.9 Å². The summed E-state index contributed by atoms with van der Waals surface area (Å²) < 4.78 is 11.6. The van der Waals surface area contributed by atoms with Gasteiger partial charge in [-0.2, -0.15) is 0 Å². The van der Waals surface area contributed by atoms with Crippen molar-refractivity contribution in [3.8, 4) is 17.1 Å². The average Bonchev–Trinajstić information content (AvgIpc) is 3.39. The SMILES string of the molecule is CN(C)[C@@H]1C(=O)C(C(N)=O)C(=O)[C@@]2(O)C(=O)C3C(=O)c4c(O)ccc(-c5ccc(CN6CCOCC6)o5)c4C[C@H]3C[C@@H]12. The molecule has 0 spiro atoms. The lowest BCUT2D eigenvalue weighted by Gasteiger charge is -2.52. The highest BCUT2D eigenvalue weighted by molar-refractivity contribution is 6.32. The highest BCUT2D eigenvalue weighted by atomic mass is 16.5. The number of phenolic OH excluding ortho intramolecular Hbond substituents is 1. The average molecular weight is 580 g/mol. The molecule has 1 aromatic heterocycles. The summed E-state index contributed by atoms with van der Waals surface area (Å²) in [7, 11) is 3.10. The van der Waals surface area contributed by atoms with Crippen LogP contribution in [-0.4, -0.2) is 101 Å². The molecule has 2 aromatic rings. The molecule has 1 aliphatic heterocycles. The van der Waals surface area contributed by atoms with Crippen molar-refractivity contribution in [1.82, 2.24) is 9.80 Å². The third-order valence-corrected chi connectivity index (χ3v) is 9.36. The molecule has 6 rings (SSSR count). The van der Waals surface area contributed by atoms with Crippen molar-refractivity contribution in [1.29, 1.82) is 0 Å². The summed E-state index contributed by atoms with van der Waals surface area (Å²) in [4.78, 5) is 70.4. The highest BCUT2D eigenvalue weighted by Gasteiger charge is 2.69. The monoisotopic (exact) mass is 579 g/mol. The number of aliphatic hydroxyl groups is 1. The summed E-state index contributed by atoms with van der Waals surface area (Å²) in [6, 6.07) is 5.53. The number of benzene rings is 1. The summed E-state index contributed by atoms with van der Waals surface area (Å²) in [5.74, 6) is -9.51. The third kappa shape index (κ3) is 4.16. The van der Waals surface area contributed by atoms with Gasteiger partial charge in [-0.1, -0.05) is 0 Å². The van der Waals surface area contributed by atoms with E-state index in [-0.39, 0.29) is 24.2 Å². The van der Waals surface area contributed by atoms with Crippen LogP contribution in [0.25, 0.3) is 11.3 Å². The number of nitrogens with zero attached hydrogens (tertiary/aromatic N) is 2. The van der Waals surface area contributed by atoms with Gasteiger partial charge in [0.1, 0.15) is 17.3 Å². The molecule has 12 heteroatoms. The first-order valence-corrected chi connectivity index (χ1v) is 14.0. The number of nitrogens with two attached hydrogens (primary N) is 1. The number of morpholine rings is 1. The molecule has 12 nitrogen and oxygen atoms in total. The maximum Gasteiger partial charge on any atom is 0.235 e. The van der Waals surface area contributed by atoms with Crippen molar-refractivity contribution in [3.05, 3.63) is 41.2 Å². The van der Waals surface area contributed by atoms with Gasteiger partial charge in [-0.15, -0.1) is 0 Å². The second kappa shape index (κ2) is 10.2. The van der Waals surface area contributed by atoms with Gasteiger partial charge in [-0.3, -0.25) is 33.8 Å². The number of carbonyl (C=O) groups is 5. The minimum absolute atomic E-state index is 0.0145. The van der Waals surface area contributed by atoms with E-state index in [1.807, 2.05) is 6.07 Å². The molecule has 0 bridgehead atoms. The summed E-state index contributed by atoms with van der Waals surface area (Å²) in [6.07, 6.45) is 0.147. The zero-order chi connectivity index (χ0) is 30.1. The number of aromatic hydroxyl groups is 1. The number of carbonyl (C=O) groups excluding carboxylic acids is 5. The Balaban J connectivity index is 1.39. The lowest BCUT2D eigenvalue weighted by molar-refractivity contribution is -0.181. The fraction of sp³-hybridized carbons (Fsp3) is 0.500. The smallest absolute Gasteiger partial charge is 0.235 e. The van der Waals surface area contributed by atoms with Crippen LogP contribution in [0.4, 0.5) is 0 Å². The Hall–Kier alpha value is -3.71. The molecule has 42 heavy (non-hydrogen) atoms. The van der Waals surface area contributed by atoms with E-state index < -0.39 is 64.4 Å². The molecule has 1 aromatic carbocycles. The predicted octanol–water partition coefficient (Wildman–Crippen LogP) is -0.0408. The number of hydrogen-bond donors (Lipinski definition) is 3. The fourth-order valence-electron chi connectivity index (χ4n) is 7.42. The van der Waals surface area contributed by atoms with Crippen LogP contribution in [0.2, 0.25) is 0 Å². The van der Waals surface area contributed by atoms with Crippen molar-refractivity contribution < 1.29 is 43.3 Å². The van der Waals surface area contributed by atoms with Gasteiger partial charge in [0.05, 0.1) is 37.3 Å². The van der Waals surface area contributed by atoms with Crippen molar-refractivity contribution in [2.45, 2.75) is 31.0 Å². The molecule has 2 saturated carbocycles. The molecule has 4 aliphatic rings. The number of rotatable bonds is 5. The molecule has 4 N–H and O–H groups in total. The van der Waals surface area contributed by atoms with Crippen molar-refractivity contribution in [2.24, 2.45) is 29.4 Å². The molecule has 2 unspecified atom stereocenters. The number of primary amides is 1. The number of ether oxygens (including phenoxy) is 1. The van der Waals surface area contributed by atoms with Gasteiger partial charge in [-0.05, 0) is 62.7 Å². The predicted molar refractivity (Wildman–Crippen MR) is 145 cm³/mol. The molecule has 222 valence electrons. The highest BCUT2D eigenvalue weighted by Crippen LogP contribution is 2.51. The van der Waals surface area contributed by atoms with Crippen LogP contribution in [0.3, 0.4) is 0 Å². The third-order valence-electron chi connectivity index (χ3n) is 9.36. The first-order valence-electron chi connectivity index (χ1n) is 14.0. The Bertz CT molecular complexity index is 1510. The number of Topliss-reactive ketones (excluding diaryl/α,β-unsaturated/α-hetero) is 4.